The van der Waals surface area contributed by atoms with Crippen LogP contribution in [-0.2, 0) is 10.0 Å². The fourth-order valence-electron chi connectivity index (χ4n) is 2.15. The Hall–Kier alpha value is -0.590. The van der Waals surface area contributed by atoms with Crippen molar-refractivity contribution in [1.82, 2.24) is 5.32 Å². The van der Waals surface area contributed by atoms with Crippen molar-refractivity contribution in [3.8, 4) is 0 Å². The summed E-state index contributed by atoms with van der Waals surface area (Å²) >= 11 is 3.46. The minimum Gasteiger partial charge on any atom is -0.314 e. The van der Waals surface area contributed by atoms with Gasteiger partial charge in [-0.25, -0.2) is 8.42 Å². The first-order valence-electron chi connectivity index (χ1n) is 5.91. The lowest BCUT2D eigenvalue weighted by atomic mass is 10.2. The molecule has 0 bridgehead atoms. The summed E-state index contributed by atoms with van der Waals surface area (Å²) < 4.78 is 27.0. The Kier molecular flexibility index (Phi) is 3.99. The molecule has 1 unspecified atom stereocenters. The number of anilines is 1. The SMILES string of the molecule is Cc1ccc(N2C(C)CNCCS2(=O)=O)c(Br)c1. The van der Waals surface area contributed by atoms with Gasteiger partial charge in [-0.15, -0.1) is 0 Å². The number of nitrogens with one attached hydrogen (secondary N) is 1. The molecule has 1 aromatic carbocycles. The molecule has 100 valence electrons. The van der Waals surface area contributed by atoms with E-state index in [4.69, 9.17) is 0 Å². The van der Waals surface area contributed by atoms with Crippen LogP contribution in [0.3, 0.4) is 0 Å². The van der Waals surface area contributed by atoms with E-state index in [-0.39, 0.29) is 11.8 Å². The zero-order valence-electron chi connectivity index (χ0n) is 10.5. The molecule has 0 amide bonds. The predicted octanol–water partition coefficient (Wildman–Crippen LogP) is 1.89. The predicted molar refractivity (Wildman–Crippen MR) is 77.5 cm³/mol. The Morgan fingerprint density at radius 2 is 2.17 bits per heavy atom. The summed E-state index contributed by atoms with van der Waals surface area (Å²) in [6.07, 6.45) is 0. The van der Waals surface area contributed by atoms with Gasteiger partial charge in [0.2, 0.25) is 10.0 Å². The highest BCUT2D eigenvalue weighted by Crippen LogP contribution is 2.31. The van der Waals surface area contributed by atoms with Gasteiger partial charge < -0.3 is 5.32 Å². The largest absolute Gasteiger partial charge is 0.314 e. The highest BCUT2D eigenvalue weighted by Gasteiger charge is 2.30. The maximum absolute atomic E-state index is 12.3. The zero-order valence-corrected chi connectivity index (χ0v) is 12.9. The van der Waals surface area contributed by atoms with E-state index in [0.29, 0.717) is 13.1 Å². The van der Waals surface area contributed by atoms with E-state index in [1.807, 2.05) is 32.0 Å². The first-order chi connectivity index (χ1) is 8.42. The van der Waals surface area contributed by atoms with Gasteiger partial charge in [0.05, 0.1) is 17.5 Å². The Balaban J connectivity index is 2.51. The first kappa shape index (κ1) is 13.8. The van der Waals surface area contributed by atoms with Crippen LogP contribution < -0.4 is 9.62 Å². The monoisotopic (exact) mass is 332 g/mol. The third kappa shape index (κ3) is 2.70. The second-order valence-corrected chi connectivity index (χ2v) is 7.44. The van der Waals surface area contributed by atoms with Gasteiger partial charge in [-0.2, -0.15) is 0 Å². The summed E-state index contributed by atoms with van der Waals surface area (Å²) in [7, 11) is -3.26. The van der Waals surface area contributed by atoms with Crippen molar-refractivity contribution in [3.63, 3.8) is 0 Å². The number of aryl methyl sites for hydroxylation is 1. The molecule has 0 aromatic heterocycles. The Labute approximate surface area is 117 Å². The van der Waals surface area contributed by atoms with Gasteiger partial charge >= 0.3 is 0 Å². The fraction of sp³-hybridized carbons (Fsp3) is 0.500. The van der Waals surface area contributed by atoms with Crippen LogP contribution in [0.4, 0.5) is 5.69 Å². The van der Waals surface area contributed by atoms with Crippen LogP contribution in [0.25, 0.3) is 0 Å². The van der Waals surface area contributed by atoms with Crippen LogP contribution in [0.1, 0.15) is 12.5 Å². The molecule has 0 radical (unpaired) electrons. The second kappa shape index (κ2) is 5.19. The standard InChI is InChI=1S/C12H17BrN2O2S/c1-9-3-4-12(11(13)7-9)15-10(2)8-14-5-6-18(15,16)17/h3-4,7,10,14H,5-6,8H2,1-2H3. The highest BCUT2D eigenvalue weighted by atomic mass is 79.9. The molecular formula is C12H17BrN2O2S. The summed E-state index contributed by atoms with van der Waals surface area (Å²) in [5.41, 5.74) is 1.82. The quantitative estimate of drug-likeness (QED) is 0.854. The Morgan fingerprint density at radius 3 is 2.83 bits per heavy atom. The molecule has 4 nitrogen and oxygen atoms in total. The molecule has 1 fully saturated rings. The maximum atomic E-state index is 12.3. The topological polar surface area (TPSA) is 49.4 Å². The van der Waals surface area contributed by atoms with Crippen molar-refractivity contribution in [2.45, 2.75) is 19.9 Å². The first-order valence-corrected chi connectivity index (χ1v) is 8.31. The van der Waals surface area contributed by atoms with Gasteiger partial charge in [-0.3, -0.25) is 4.31 Å². The number of hydrogen-bond acceptors (Lipinski definition) is 3. The summed E-state index contributed by atoms with van der Waals surface area (Å²) in [5, 5.41) is 3.15. The van der Waals surface area contributed by atoms with Crippen molar-refractivity contribution in [2.24, 2.45) is 0 Å². The van der Waals surface area contributed by atoms with Crippen LogP contribution in [0.2, 0.25) is 0 Å². The van der Waals surface area contributed by atoms with E-state index >= 15 is 0 Å². The molecule has 1 aromatic rings. The van der Waals surface area contributed by atoms with Gasteiger partial charge in [0, 0.05) is 17.6 Å². The van der Waals surface area contributed by atoms with E-state index in [9.17, 15) is 8.42 Å². The number of hydrogen-bond donors (Lipinski definition) is 1. The third-order valence-corrected chi connectivity index (χ3v) is 5.53. The van der Waals surface area contributed by atoms with Crippen molar-refractivity contribution in [3.05, 3.63) is 28.2 Å². The number of sulfonamides is 1. The number of nitrogens with zero attached hydrogens (tertiary/aromatic N) is 1. The lowest BCUT2D eigenvalue weighted by Gasteiger charge is -2.29. The van der Waals surface area contributed by atoms with Gasteiger partial charge in [0.25, 0.3) is 0 Å². The Morgan fingerprint density at radius 1 is 1.44 bits per heavy atom. The second-order valence-electron chi connectivity index (χ2n) is 4.62. The molecule has 2 rings (SSSR count). The molecule has 0 saturated carbocycles. The Bertz CT molecular complexity index is 545. The van der Waals surface area contributed by atoms with Crippen LogP contribution in [0.15, 0.2) is 22.7 Å². The molecule has 1 N–H and O–H groups in total. The van der Waals surface area contributed by atoms with Gasteiger partial charge in [-0.05, 0) is 47.5 Å². The highest BCUT2D eigenvalue weighted by molar-refractivity contribution is 9.10. The number of halogens is 1. The van der Waals surface area contributed by atoms with E-state index in [1.54, 1.807) is 0 Å². The van der Waals surface area contributed by atoms with E-state index in [2.05, 4.69) is 21.2 Å². The van der Waals surface area contributed by atoms with E-state index in [1.165, 1.54) is 4.31 Å². The summed E-state index contributed by atoms with van der Waals surface area (Å²) in [6, 6.07) is 5.64. The van der Waals surface area contributed by atoms with Gasteiger partial charge in [0.1, 0.15) is 0 Å². The summed E-state index contributed by atoms with van der Waals surface area (Å²) in [5.74, 6) is 0.137. The summed E-state index contributed by atoms with van der Waals surface area (Å²) in [6.45, 7) is 5.07. The van der Waals surface area contributed by atoms with Crippen LogP contribution in [-0.4, -0.2) is 33.3 Å². The van der Waals surface area contributed by atoms with Crippen molar-refractivity contribution in [1.29, 1.82) is 0 Å². The normalized spacial score (nSPS) is 23.7. The lowest BCUT2D eigenvalue weighted by molar-refractivity contribution is 0.585. The fourth-order valence-corrected chi connectivity index (χ4v) is 4.63. The number of benzene rings is 1. The molecule has 0 spiro atoms. The summed E-state index contributed by atoms with van der Waals surface area (Å²) in [4.78, 5) is 0. The van der Waals surface area contributed by atoms with Crippen molar-refractivity contribution < 1.29 is 8.42 Å². The van der Waals surface area contributed by atoms with Crippen molar-refractivity contribution in [2.75, 3.05) is 23.1 Å². The maximum Gasteiger partial charge on any atom is 0.236 e. The minimum absolute atomic E-state index is 0.0866. The molecule has 18 heavy (non-hydrogen) atoms. The number of rotatable bonds is 1. The van der Waals surface area contributed by atoms with Gasteiger partial charge in [0.15, 0.2) is 0 Å². The van der Waals surface area contributed by atoms with Crippen LogP contribution >= 0.6 is 15.9 Å². The minimum atomic E-state index is -3.26. The molecule has 1 aliphatic heterocycles. The molecule has 1 saturated heterocycles. The lowest BCUT2D eigenvalue weighted by Crippen LogP contribution is -2.41. The van der Waals surface area contributed by atoms with Crippen LogP contribution in [0, 0.1) is 6.92 Å². The van der Waals surface area contributed by atoms with Crippen molar-refractivity contribution >= 4 is 31.6 Å². The van der Waals surface area contributed by atoms with E-state index in [0.717, 1.165) is 15.7 Å². The molecule has 6 heteroatoms. The zero-order chi connectivity index (χ0) is 13.3. The molecule has 1 atom stereocenters. The molecule has 1 heterocycles. The van der Waals surface area contributed by atoms with Gasteiger partial charge in [-0.1, -0.05) is 6.07 Å². The molecule has 0 aliphatic carbocycles. The average Bonchev–Trinajstić information content (AvgIpc) is 2.39. The van der Waals surface area contributed by atoms with E-state index < -0.39 is 10.0 Å². The molecule has 1 aliphatic rings. The smallest absolute Gasteiger partial charge is 0.236 e. The van der Waals surface area contributed by atoms with Crippen LogP contribution in [0.5, 0.6) is 0 Å². The average molecular weight is 333 g/mol. The molecular weight excluding hydrogens is 316 g/mol. The third-order valence-electron chi connectivity index (χ3n) is 3.02.